The van der Waals surface area contributed by atoms with Gasteiger partial charge in [0.05, 0.1) is 12.2 Å². The first-order valence-electron chi connectivity index (χ1n) is 9.71. The Kier molecular flexibility index (Phi) is 4.98. The minimum absolute atomic E-state index is 0.479. The molecule has 1 heterocycles. The van der Waals surface area contributed by atoms with Gasteiger partial charge in [-0.3, -0.25) is 0 Å². The van der Waals surface area contributed by atoms with Gasteiger partial charge in [0.1, 0.15) is 5.01 Å². The Labute approximate surface area is 160 Å². The van der Waals surface area contributed by atoms with Crippen LogP contribution in [0.4, 0.5) is 0 Å². The van der Waals surface area contributed by atoms with Crippen LogP contribution in [0.1, 0.15) is 54.4 Å². The van der Waals surface area contributed by atoms with Crippen LogP contribution in [0.25, 0.3) is 0 Å². The van der Waals surface area contributed by atoms with Crippen LogP contribution in [-0.4, -0.2) is 24.0 Å². The smallest absolute Gasteiger partial charge is 0.191 e. The SMILES string of the molecule is CCNC(=NCc1nc(C(C)C)cs1)NCC1C2Cc3ccccc3C12. The number of aromatic nitrogens is 1. The van der Waals surface area contributed by atoms with Gasteiger partial charge in [0, 0.05) is 18.5 Å². The lowest BCUT2D eigenvalue weighted by molar-refractivity contribution is 0.654. The van der Waals surface area contributed by atoms with Crippen molar-refractivity contribution in [2.45, 2.75) is 45.6 Å². The van der Waals surface area contributed by atoms with E-state index in [1.807, 2.05) is 0 Å². The highest BCUT2D eigenvalue weighted by Gasteiger charge is 2.54. The minimum Gasteiger partial charge on any atom is -0.357 e. The number of fused-ring (bicyclic) bond motifs is 3. The zero-order valence-corrected chi connectivity index (χ0v) is 16.6. The number of guanidine groups is 1. The molecule has 5 heteroatoms. The molecule has 0 spiro atoms. The van der Waals surface area contributed by atoms with Gasteiger partial charge in [-0.05, 0) is 48.1 Å². The van der Waals surface area contributed by atoms with Crippen LogP contribution in [0.5, 0.6) is 0 Å². The van der Waals surface area contributed by atoms with E-state index in [1.54, 1.807) is 22.5 Å². The summed E-state index contributed by atoms with van der Waals surface area (Å²) in [5, 5.41) is 10.2. The van der Waals surface area contributed by atoms with E-state index < -0.39 is 0 Å². The summed E-state index contributed by atoms with van der Waals surface area (Å²) >= 11 is 1.71. The fourth-order valence-corrected chi connectivity index (χ4v) is 5.01. The molecule has 4 rings (SSSR count). The molecule has 0 bridgehead atoms. The zero-order chi connectivity index (χ0) is 18.1. The Bertz CT molecular complexity index is 795. The Balaban J connectivity index is 1.33. The van der Waals surface area contributed by atoms with Gasteiger partial charge in [-0.15, -0.1) is 11.3 Å². The van der Waals surface area contributed by atoms with E-state index in [0.29, 0.717) is 12.5 Å². The summed E-state index contributed by atoms with van der Waals surface area (Å²) in [6, 6.07) is 8.94. The maximum absolute atomic E-state index is 4.74. The molecular formula is C21H28N4S. The Hall–Kier alpha value is -1.88. The van der Waals surface area contributed by atoms with Crippen molar-refractivity contribution in [2.24, 2.45) is 16.8 Å². The van der Waals surface area contributed by atoms with Crippen molar-refractivity contribution in [3.63, 3.8) is 0 Å². The first-order valence-corrected chi connectivity index (χ1v) is 10.6. The quantitative estimate of drug-likeness (QED) is 0.600. The molecule has 1 aromatic carbocycles. The summed E-state index contributed by atoms with van der Waals surface area (Å²) in [6.45, 7) is 9.00. The molecule has 1 aromatic heterocycles. The number of benzene rings is 1. The molecule has 3 atom stereocenters. The van der Waals surface area contributed by atoms with Crippen LogP contribution in [0, 0.1) is 11.8 Å². The summed E-state index contributed by atoms with van der Waals surface area (Å²) in [6.07, 6.45) is 1.25. The fraction of sp³-hybridized carbons (Fsp3) is 0.524. The molecule has 1 fully saturated rings. The maximum atomic E-state index is 4.74. The molecule has 4 nitrogen and oxygen atoms in total. The average molecular weight is 369 g/mol. The highest BCUT2D eigenvalue weighted by atomic mass is 32.1. The fourth-order valence-electron chi connectivity index (χ4n) is 4.13. The van der Waals surface area contributed by atoms with Crippen molar-refractivity contribution in [1.29, 1.82) is 0 Å². The second-order valence-corrected chi connectivity index (χ2v) is 8.60. The van der Waals surface area contributed by atoms with Crippen molar-refractivity contribution >= 4 is 17.3 Å². The standard InChI is InChI=1S/C21H28N4S/c1-4-22-21(24-11-19-25-18(12-26-19)13(2)3)23-10-17-16-9-14-7-5-6-8-15(14)20(16)17/h5-8,12-13,16-17,20H,4,9-11H2,1-3H3,(H2,22,23,24). The van der Waals surface area contributed by atoms with Crippen LogP contribution in [0.15, 0.2) is 34.6 Å². The average Bonchev–Trinajstić information content (AvgIpc) is 3.00. The monoisotopic (exact) mass is 368 g/mol. The number of nitrogens with one attached hydrogen (secondary N) is 2. The van der Waals surface area contributed by atoms with Gasteiger partial charge in [-0.25, -0.2) is 9.98 Å². The Morgan fingerprint density at radius 1 is 1.31 bits per heavy atom. The Morgan fingerprint density at radius 3 is 2.92 bits per heavy atom. The van der Waals surface area contributed by atoms with E-state index in [-0.39, 0.29) is 0 Å². The second kappa shape index (κ2) is 7.39. The largest absolute Gasteiger partial charge is 0.357 e. The van der Waals surface area contributed by atoms with Crippen molar-refractivity contribution in [1.82, 2.24) is 15.6 Å². The molecule has 0 saturated heterocycles. The highest BCUT2D eigenvalue weighted by Crippen LogP contribution is 2.60. The van der Waals surface area contributed by atoms with Gasteiger partial charge in [-0.1, -0.05) is 38.1 Å². The van der Waals surface area contributed by atoms with E-state index >= 15 is 0 Å². The number of hydrogen-bond acceptors (Lipinski definition) is 3. The molecule has 0 radical (unpaired) electrons. The van der Waals surface area contributed by atoms with Gasteiger partial charge >= 0.3 is 0 Å². The van der Waals surface area contributed by atoms with Crippen molar-refractivity contribution < 1.29 is 0 Å². The molecule has 26 heavy (non-hydrogen) atoms. The third-order valence-corrected chi connectivity index (χ3v) is 6.44. The van der Waals surface area contributed by atoms with Crippen molar-refractivity contribution in [3.8, 4) is 0 Å². The van der Waals surface area contributed by atoms with E-state index in [1.165, 1.54) is 12.1 Å². The first kappa shape index (κ1) is 17.5. The number of aliphatic imine (C=N–C) groups is 1. The minimum atomic E-state index is 0.479. The lowest BCUT2D eigenvalue weighted by Gasteiger charge is -2.12. The van der Waals surface area contributed by atoms with Crippen LogP contribution < -0.4 is 10.6 Å². The highest BCUT2D eigenvalue weighted by molar-refractivity contribution is 7.09. The van der Waals surface area contributed by atoms with Crippen molar-refractivity contribution in [3.05, 3.63) is 51.5 Å². The lowest BCUT2D eigenvalue weighted by atomic mass is 10.0. The van der Waals surface area contributed by atoms with E-state index in [0.717, 1.165) is 41.8 Å². The third kappa shape index (κ3) is 3.50. The molecule has 3 unspecified atom stereocenters. The second-order valence-electron chi connectivity index (χ2n) is 7.65. The van der Waals surface area contributed by atoms with Gasteiger partial charge in [0.15, 0.2) is 5.96 Å². The molecule has 138 valence electrons. The van der Waals surface area contributed by atoms with Crippen LogP contribution >= 0.6 is 11.3 Å². The lowest BCUT2D eigenvalue weighted by Crippen LogP contribution is -2.38. The normalized spacial score (nSPS) is 23.7. The topological polar surface area (TPSA) is 49.3 Å². The number of hydrogen-bond donors (Lipinski definition) is 2. The summed E-state index contributed by atoms with van der Waals surface area (Å²) in [4.78, 5) is 9.41. The van der Waals surface area contributed by atoms with Gasteiger partial charge in [-0.2, -0.15) is 0 Å². The molecular weight excluding hydrogens is 340 g/mol. The molecule has 0 aliphatic heterocycles. The first-order chi connectivity index (χ1) is 12.7. The van der Waals surface area contributed by atoms with Crippen LogP contribution in [0.2, 0.25) is 0 Å². The van der Waals surface area contributed by atoms with E-state index in [2.05, 4.69) is 66.0 Å². The molecule has 0 amide bonds. The summed E-state index contributed by atoms with van der Waals surface area (Å²) in [5.74, 6) is 3.73. The van der Waals surface area contributed by atoms with Gasteiger partial charge < -0.3 is 10.6 Å². The molecule has 2 aliphatic carbocycles. The summed E-state index contributed by atoms with van der Waals surface area (Å²) in [7, 11) is 0. The zero-order valence-electron chi connectivity index (χ0n) is 15.8. The third-order valence-electron chi connectivity index (χ3n) is 5.58. The Morgan fingerprint density at radius 2 is 2.15 bits per heavy atom. The molecule has 1 saturated carbocycles. The summed E-state index contributed by atoms with van der Waals surface area (Å²) in [5.41, 5.74) is 4.31. The number of thiazole rings is 1. The van der Waals surface area contributed by atoms with E-state index in [4.69, 9.17) is 4.99 Å². The van der Waals surface area contributed by atoms with Crippen LogP contribution in [0.3, 0.4) is 0 Å². The van der Waals surface area contributed by atoms with Gasteiger partial charge in [0.25, 0.3) is 0 Å². The predicted molar refractivity (Wildman–Crippen MR) is 109 cm³/mol. The summed E-state index contributed by atoms with van der Waals surface area (Å²) < 4.78 is 0. The molecule has 2 N–H and O–H groups in total. The number of rotatable bonds is 6. The molecule has 2 aliphatic rings. The van der Waals surface area contributed by atoms with E-state index in [9.17, 15) is 0 Å². The molecule has 2 aromatic rings. The van der Waals surface area contributed by atoms with Crippen LogP contribution in [-0.2, 0) is 13.0 Å². The number of nitrogens with zero attached hydrogens (tertiary/aromatic N) is 2. The van der Waals surface area contributed by atoms with Crippen molar-refractivity contribution in [2.75, 3.05) is 13.1 Å². The van der Waals surface area contributed by atoms with Gasteiger partial charge in [0.2, 0.25) is 0 Å². The maximum Gasteiger partial charge on any atom is 0.191 e. The predicted octanol–water partition coefficient (Wildman–Crippen LogP) is 3.91.